The molecule has 0 bridgehead atoms. The molecule has 1 saturated heterocycles. The Morgan fingerprint density at radius 2 is 1.57 bits per heavy atom. The molecule has 1 aliphatic carbocycles. The number of amidine groups is 1. The van der Waals surface area contributed by atoms with Crippen LogP contribution in [0.2, 0.25) is 0 Å². The second kappa shape index (κ2) is 5.96. The fourth-order valence-electron chi connectivity index (χ4n) is 4.78. The molecule has 5 heteroatoms. The molecule has 0 spiro atoms. The van der Waals surface area contributed by atoms with Gasteiger partial charge in [-0.1, -0.05) is 60.7 Å². The molecule has 30 heavy (non-hydrogen) atoms. The molecule has 2 unspecified atom stereocenters. The number of hydrogen-bond acceptors (Lipinski definition) is 4. The monoisotopic (exact) mass is 396 g/mol. The lowest BCUT2D eigenvalue weighted by atomic mass is 9.76. The van der Waals surface area contributed by atoms with Crippen molar-refractivity contribution in [1.29, 1.82) is 0 Å². The zero-order valence-electron chi connectivity index (χ0n) is 17.8. The average Bonchev–Trinajstić information content (AvgIpc) is 3.22. The molecule has 2 atom stereocenters. The molecule has 0 amide bonds. The number of benzene rings is 2. The van der Waals surface area contributed by atoms with Crippen LogP contribution in [0.5, 0.6) is 0 Å². The van der Waals surface area contributed by atoms with E-state index in [0.29, 0.717) is 0 Å². The summed E-state index contributed by atoms with van der Waals surface area (Å²) < 4.78 is 12.6. The van der Waals surface area contributed by atoms with Crippen LogP contribution in [-0.2, 0) is 9.31 Å². The first-order valence-electron chi connectivity index (χ1n) is 10.7. The van der Waals surface area contributed by atoms with Crippen molar-refractivity contribution in [3.63, 3.8) is 0 Å². The number of fused-ring (bicyclic) bond motifs is 8. The highest BCUT2D eigenvalue weighted by Crippen LogP contribution is 2.44. The van der Waals surface area contributed by atoms with Crippen molar-refractivity contribution in [3.05, 3.63) is 72.3 Å². The van der Waals surface area contributed by atoms with Gasteiger partial charge in [-0.05, 0) is 44.8 Å². The van der Waals surface area contributed by atoms with E-state index in [1.165, 1.54) is 22.4 Å². The van der Waals surface area contributed by atoms with Crippen molar-refractivity contribution < 1.29 is 9.31 Å². The summed E-state index contributed by atoms with van der Waals surface area (Å²) in [6, 6.07) is 15.5. The van der Waals surface area contributed by atoms with E-state index >= 15 is 0 Å². The van der Waals surface area contributed by atoms with Crippen LogP contribution in [-0.4, -0.2) is 36.2 Å². The maximum absolute atomic E-state index is 6.32. The van der Waals surface area contributed by atoms with Gasteiger partial charge in [0.2, 0.25) is 0 Å². The third-order valence-electron chi connectivity index (χ3n) is 7.14. The van der Waals surface area contributed by atoms with Crippen LogP contribution in [0.25, 0.3) is 11.1 Å². The van der Waals surface area contributed by atoms with Crippen molar-refractivity contribution in [2.75, 3.05) is 4.90 Å². The largest absolute Gasteiger partial charge is 0.494 e. The van der Waals surface area contributed by atoms with Gasteiger partial charge in [0.05, 0.1) is 29.0 Å². The molecule has 6 rings (SSSR count). The summed E-state index contributed by atoms with van der Waals surface area (Å²) in [4.78, 5) is 7.45. The van der Waals surface area contributed by atoms with Crippen LogP contribution in [0.1, 0.15) is 33.3 Å². The first kappa shape index (κ1) is 18.2. The van der Waals surface area contributed by atoms with Crippen LogP contribution < -0.4 is 10.4 Å². The smallest absolute Gasteiger partial charge is 0.399 e. The van der Waals surface area contributed by atoms with Gasteiger partial charge in [0.15, 0.2) is 0 Å². The van der Waals surface area contributed by atoms with Gasteiger partial charge in [0, 0.05) is 11.1 Å². The zero-order chi connectivity index (χ0) is 20.7. The average molecular weight is 396 g/mol. The lowest BCUT2D eigenvalue weighted by molar-refractivity contribution is 0.00578. The summed E-state index contributed by atoms with van der Waals surface area (Å²) in [5, 5.41) is 0. The van der Waals surface area contributed by atoms with Gasteiger partial charge in [0.1, 0.15) is 5.84 Å². The van der Waals surface area contributed by atoms with E-state index in [1.54, 1.807) is 0 Å². The molecule has 4 nitrogen and oxygen atoms in total. The molecule has 4 aliphatic rings. The van der Waals surface area contributed by atoms with Crippen LogP contribution in [0, 0.1) is 0 Å². The van der Waals surface area contributed by atoms with Crippen LogP contribution >= 0.6 is 0 Å². The van der Waals surface area contributed by atoms with Gasteiger partial charge in [0.25, 0.3) is 0 Å². The lowest BCUT2D eigenvalue weighted by Gasteiger charge is -2.35. The van der Waals surface area contributed by atoms with Crippen molar-refractivity contribution in [1.82, 2.24) is 0 Å². The summed E-state index contributed by atoms with van der Waals surface area (Å²) in [5.41, 5.74) is 5.15. The Morgan fingerprint density at radius 3 is 2.33 bits per heavy atom. The first-order chi connectivity index (χ1) is 14.4. The Hall–Kier alpha value is -2.63. The summed E-state index contributed by atoms with van der Waals surface area (Å²) in [6.45, 7) is 8.38. The van der Waals surface area contributed by atoms with Crippen LogP contribution in [0.15, 0.2) is 71.8 Å². The highest BCUT2D eigenvalue weighted by molar-refractivity contribution is 6.62. The number of allylic oxidation sites excluding steroid dienone is 2. The Morgan fingerprint density at radius 1 is 0.867 bits per heavy atom. The van der Waals surface area contributed by atoms with E-state index in [9.17, 15) is 0 Å². The Kier molecular flexibility index (Phi) is 3.61. The maximum atomic E-state index is 6.32. The highest BCUT2D eigenvalue weighted by atomic mass is 16.7. The molecule has 2 aromatic rings. The van der Waals surface area contributed by atoms with E-state index in [-0.39, 0.29) is 30.4 Å². The SMILES string of the molecule is CC1(C)OB(c2ccc3c(c2)-c2ccccc2C2=NC4C=CC=CC4N23)OC1(C)C. The van der Waals surface area contributed by atoms with Gasteiger partial charge in [-0.2, -0.15) is 0 Å². The molecule has 0 N–H and O–H groups in total. The molecule has 0 radical (unpaired) electrons. The number of rotatable bonds is 1. The second-order valence-electron chi connectivity index (χ2n) is 9.48. The second-order valence-corrected chi connectivity index (χ2v) is 9.48. The quantitative estimate of drug-likeness (QED) is 0.681. The standard InChI is InChI=1S/C25H25BN2O2/c1-24(2)25(3,4)30-26(29-24)16-13-14-21-19(15-16)17-9-5-6-10-18(17)23-27-20-11-7-8-12-22(20)28(21)23/h5-15,20,22H,1-4H3. The van der Waals surface area contributed by atoms with Gasteiger partial charge < -0.3 is 14.2 Å². The number of hydrogen-bond donors (Lipinski definition) is 0. The molecule has 150 valence electrons. The summed E-state index contributed by atoms with van der Waals surface area (Å²) in [6.07, 6.45) is 8.66. The third-order valence-corrected chi connectivity index (χ3v) is 7.14. The number of anilines is 1. The Balaban J connectivity index is 1.49. The van der Waals surface area contributed by atoms with E-state index < -0.39 is 0 Å². The van der Waals surface area contributed by atoms with E-state index in [4.69, 9.17) is 14.3 Å². The van der Waals surface area contributed by atoms with Crippen molar-refractivity contribution in [3.8, 4) is 11.1 Å². The highest BCUT2D eigenvalue weighted by Gasteiger charge is 2.52. The fourth-order valence-corrected chi connectivity index (χ4v) is 4.78. The van der Waals surface area contributed by atoms with Crippen molar-refractivity contribution >= 4 is 24.1 Å². The fraction of sp³-hybridized carbons (Fsp3) is 0.320. The minimum atomic E-state index is -0.369. The molecule has 1 fully saturated rings. The van der Waals surface area contributed by atoms with Gasteiger partial charge in [-0.15, -0.1) is 0 Å². The number of nitrogens with zero attached hydrogens (tertiary/aromatic N) is 2. The lowest BCUT2D eigenvalue weighted by Crippen LogP contribution is -2.42. The van der Waals surface area contributed by atoms with Gasteiger partial charge >= 0.3 is 7.12 Å². The molecule has 2 aromatic carbocycles. The molecule has 0 saturated carbocycles. The topological polar surface area (TPSA) is 34.1 Å². The predicted octanol–water partition coefficient (Wildman–Crippen LogP) is 4.10. The molecular weight excluding hydrogens is 371 g/mol. The maximum Gasteiger partial charge on any atom is 0.494 e. The third kappa shape index (κ3) is 2.39. The molecular formula is C25H25BN2O2. The minimum Gasteiger partial charge on any atom is -0.399 e. The van der Waals surface area contributed by atoms with Crippen molar-refractivity contribution in [2.24, 2.45) is 4.99 Å². The van der Waals surface area contributed by atoms with Crippen LogP contribution in [0.3, 0.4) is 0 Å². The first-order valence-corrected chi connectivity index (χ1v) is 10.7. The summed E-state index contributed by atoms with van der Waals surface area (Å²) in [7, 11) is -0.369. The minimum absolute atomic E-state index is 0.159. The van der Waals surface area contributed by atoms with E-state index in [0.717, 1.165) is 11.3 Å². The van der Waals surface area contributed by atoms with Crippen LogP contribution in [0.4, 0.5) is 5.69 Å². The van der Waals surface area contributed by atoms with E-state index in [1.807, 2.05) is 0 Å². The molecule has 3 heterocycles. The van der Waals surface area contributed by atoms with Gasteiger partial charge in [-0.25, -0.2) is 0 Å². The normalized spacial score (nSPS) is 26.7. The predicted molar refractivity (Wildman–Crippen MR) is 122 cm³/mol. The Bertz CT molecular complexity index is 1130. The van der Waals surface area contributed by atoms with Gasteiger partial charge in [-0.3, -0.25) is 4.99 Å². The summed E-state index contributed by atoms with van der Waals surface area (Å²) >= 11 is 0. The molecule has 0 aromatic heterocycles. The Labute approximate surface area is 178 Å². The summed E-state index contributed by atoms with van der Waals surface area (Å²) in [5.74, 6) is 1.06. The number of aliphatic imine (C=N–C) groups is 1. The van der Waals surface area contributed by atoms with E-state index in [2.05, 4.69) is 99.4 Å². The van der Waals surface area contributed by atoms with Crippen molar-refractivity contribution in [2.45, 2.75) is 51.0 Å². The zero-order valence-corrected chi connectivity index (χ0v) is 17.8. The molecule has 3 aliphatic heterocycles.